The van der Waals surface area contributed by atoms with Gasteiger partial charge in [0.25, 0.3) is 0 Å². The summed E-state index contributed by atoms with van der Waals surface area (Å²) >= 11 is 15.9. The van der Waals surface area contributed by atoms with Crippen LogP contribution in [0.3, 0.4) is 0 Å². The molecule has 4 rings (SSSR count). The summed E-state index contributed by atoms with van der Waals surface area (Å²) in [4.78, 5) is 21.3. The van der Waals surface area contributed by atoms with Crippen LogP contribution in [-0.2, 0) is 0 Å². The number of rotatable bonds is 2. The molecule has 0 amide bonds. The minimum absolute atomic E-state index is 0.163. The van der Waals surface area contributed by atoms with Crippen molar-refractivity contribution in [3.05, 3.63) is 68.5 Å². The monoisotopic (exact) mass is 452 g/mol. The highest BCUT2D eigenvalue weighted by Crippen LogP contribution is 2.36. The predicted octanol–water partition coefficient (Wildman–Crippen LogP) is 4.59. The maximum absolute atomic E-state index is 12.4. The highest BCUT2D eigenvalue weighted by atomic mass is 79.9. The summed E-state index contributed by atoms with van der Waals surface area (Å²) in [7, 11) is 0. The van der Waals surface area contributed by atoms with E-state index in [4.69, 9.17) is 27.6 Å². The van der Waals surface area contributed by atoms with Gasteiger partial charge in [0.2, 0.25) is 5.89 Å². The maximum atomic E-state index is 12.4. The smallest absolute Gasteiger partial charge is 0.347 e. The van der Waals surface area contributed by atoms with E-state index in [9.17, 15) is 4.79 Å². The van der Waals surface area contributed by atoms with Crippen molar-refractivity contribution in [3.8, 4) is 0 Å². The van der Waals surface area contributed by atoms with E-state index in [0.717, 1.165) is 5.56 Å². The lowest BCUT2D eigenvalue weighted by atomic mass is 10.1. The highest BCUT2D eigenvalue weighted by Gasteiger charge is 2.30. The number of nitrogens with zero attached hydrogens (tertiary/aromatic N) is 4. The molecule has 2 aromatic heterocycles. The van der Waals surface area contributed by atoms with Crippen molar-refractivity contribution in [2.24, 2.45) is 0 Å². The molecule has 0 aliphatic carbocycles. The lowest BCUT2D eigenvalue weighted by Crippen LogP contribution is -2.30. The summed E-state index contributed by atoms with van der Waals surface area (Å²) in [5.41, 5.74) is 1.30. The van der Waals surface area contributed by atoms with E-state index in [1.807, 2.05) is 13.0 Å². The number of aryl methyl sites for hydroxylation is 1. The first-order chi connectivity index (χ1) is 12.5. The molecule has 0 spiro atoms. The lowest BCUT2D eigenvalue weighted by Gasteiger charge is -2.26. The van der Waals surface area contributed by atoms with Gasteiger partial charge in [-0.15, -0.1) is 4.03 Å². The molecule has 0 saturated carbocycles. The molecule has 132 valence electrons. The van der Waals surface area contributed by atoms with E-state index in [1.54, 1.807) is 39.5 Å². The van der Waals surface area contributed by atoms with E-state index >= 15 is 0 Å². The average molecular weight is 454 g/mol. The molecule has 3 heterocycles. The summed E-state index contributed by atoms with van der Waals surface area (Å²) in [6.45, 7) is 2.33. The molecule has 0 radical (unpaired) electrons. The van der Waals surface area contributed by atoms with Crippen LogP contribution in [-0.4, -0.2) is 20.5 Å². The second kappa shape index (κ2) is 6.66. The number of benzene rings is 1. The van der Waals surface area contributed by atoms with Crippen molar-refractivity contribution in [1.29, 1.82) is 0 Å². The van der Waals surface area contributed by atoms with E-state index in [-0.39, 0.29) is 5.89 Å². The number of halogens is 3. The summed E-state index contributed by atoms with van der Waals surface area (Å²) < 4.78 is 7.19. The van der Waals surface area contributed by atoms with Gasteiger partial charge in [-0.3, -0.25) is 0 Å². The molecule has 1 aliphatic heterocycles. The topological polar surface area (TPSA) is 62.5 Å². The number of anilines is 1. The number of fused-ring (bicyclic) bond motifs is 1. The second-order valence-corrected chi connectivity index (χ2v) is 7.24. The van der Waals surface area contributed by atoms with E-state index in [1.165, 1.54) is 0 Å². The first kappa shape index (κ1) is 17.5. The molecule has 9 heteroatoms. The van der Waals surface area contributed by atoms with Gasteiger partial charge in [0.1, 0.15) is 5.70 Å². The zero-order valence-electron chi connectivity index (χ0n) is 13.4. The Morgan fingerprint density at radius 2 is 2.04 bits per heavy atom. The minimum atomic E-state index is -0.481. The van der Waals surface area contributed by atoms with Gasteiger partial charge in [0, 0.05) is 27.4 Å². The van der Waals surface area contributed by atoms with Crippen molar-refractivity contribution in [2.45, 2.75) is 6.92 Å². The highest BCUT2D eigenvalue weighted by molar-refractivity contribution is 9.07. The van der Waals surface area contributed by atoms with Gasteiger partial charge in [-0.05, 0) is 42.8 Å². The molecule has 0 saturated heterocycles. The Morgan fingerprint density at radius 1 is 1.23 bits per heavy atom. The van der Waals surface area contributed by atoms with Crippen molar-refractivity contribution >= 4 is 61.8 Å². The summed E-state index contributed by atoms with van der Waals surface area (Å²) in [5.74, 6) is 0.652. The van der Waals surface area contributed by atoms with Crippen LogP contribution in [0.4, 0.5) is 5.82 Å². The second-order valence-electron chi connectivity index (χ2n) is 5.60. The number of hydrazine groups is 1. The van der Waals surface area contributed by atoms with Crippen LogP contribution in [0.25, 0.3) is 16.6 Å². The largest absolute Gasteiger partial charge is 0.401 e. The third-order valence-corrected chi connectivity index (χ3v) is 5.34. The minimum Gasteiger partial charge on any atom is -0.401 e. The standard InChI is InChI=1S/C17H11BrCl2N4O2/c1-9-11(19)5-4-10-14(9)22-16(26-17(10)25)13-6-8-23(18)24(13)15-12(20)3-2-7-21-15/h2-7H,8H2,1H3. The van der Waals surface area contributed by atoms with E-state index < -0.39 is 5.63 Å². The predicted molar refractivity (Wildman–Crippen MR) is 105 cm³/mol. The van der Waals surface area contributed by atoms with Crippen LogP contribution in [0.2, 0.25) is 10.0 Å². The van der Waals surface area contributed by atoms with Crippen LogP contribution in [0, 0.1) is 6.92 Å². The Kier molecular flexibility index (Phi) is 4.48. The van der Waals surface area contributed by atoms with Crippen LogP contribution >= 0.6 is 39.3 Å². The Morgan fingerprint density at radius 3 is 2.81 bits per heavy atom. The SMILES string of the molecule is Cc1c(Cl)ccc2c(=O)oc(C3=CCN(Br)N3c3ncccc3Cl)nc12. The number of aromatic nitrogens is 2. The van der Waals surface area contributed by atoms with Crippen molar-refractivity contribution in [1.82, 2.24) is 14.0 Å². The van der Waals surface area contributed by atoms with Gasteiger partial charge in [-0.1, -0.05) is 23.2 Å². The van der Waals surface area contributed by atoms with Gasteiger partial charge < -0.3 is 4.42 Å². The molecule has 0 unspecified atom stereocenters. The Hall–Kier alpha value is -1.93. The molecule has 26 heavy (non-hydrogen) atoms. The van der Waals surface area contributed by atoms with Gasteiger partial charge in [0.05, 0.1) is 22.5 Å². The summed E-state index contributed by atoms with van der Waals surface area (Å²) in [6.07, 6.45) is 3.49. The Bertz CT molecular complexity index is 1120. The van der Waals surface area contributed by atoms with Gasteiger partial charge in [-0.2, -0.15) is 0 Å². The molecule has 1 aromatic carbocycles. The molecule has 3 aromatic rings. The first-order valence-electron chi connectivity index (χ1n) is 7.61. The van der Waals surface area contributed by atoms with Crippen molar-refractivity contribution in [2.75, 3.05) is 11.6 Å². The molecule has 0 fully saturated rings. The quantitative estimate of drug-likeness (QED) is 0.529. The molecule has 1 aliphatic rings. The van der Waals surface area contributed by atoms with E-state index in [0.29, 0.717) is 39.0 Å². The number of hydrogen-bond acceptors (Lipinski definition) is 6. The summed E-state index contributed by atoms with van der Waals surface area (Å²) in [6, 6.07) is 6.74. The molecule has 0 atom stereocenters. The number of hydrogen-bond donors (Lipinski definition) is 0. The fraction of sp³-hybridized carbons (Fsp3) is 0.118. The summed E-state index contributed by atoms with van der Waals surface area (Å²) in [5, 5.41) is 3.06. The van der Waals surface area contributed by atoms with Gasteiger partial charge in [0.15, 0.2) is 5.82 Å². The molecule has 0 N–H and O–H groups in total. The van der Waals surface area contributed by atoms with Gasteiger partial charge >= 0.3 is 5.63 Å². The first-order valence-corrected chi connectivity index (χ1v) is 9.08. The van der Waals surface area contributed by atoms with E-state index in [2.05, 4.69) is 26.1 Å². The van der Waals surface area contributed by atoms with Crippen LogP contribution in [0.1, 0.15) is 11.5 Å². The van der Waals surface area contributed by atoms with Crippen LogP contribution in [0.5, 0.6) is 0 Å². The van der Waals surface area contributed by atoms with Crippen LogP contribution < -0.4 is 10.6 Å². The molecule has 0 bridgehead atoms. The zero-order chi connectivity index (χ0) is 18.4. The molecular formula is C17H11BrCl2N4O2. The molecule has 6 nitrogen and oxygen atoms in total. The Labute approximate surface area is 167 Å². The zero-order valence-corrected chi connectivity index (χ0v) is 16.5. The Balaban J connectivity index is 1.90. The fourth-order valence-electron chi connectivity index (χ4n) is 2.74. The van der Waals surface area contributed by atoms with Crippen molar-refractivity contribution < 1.29 is 4.42 Å². The number of pyridine rings is 1. The normalized spacial score (nSPS) is 14.9. The van der Waals surface area contributed by atoms with Gasteiger partial charge in [-0.25, -0.2) is 19.8 Å². The molecular weight excluding hydrogens is 443 g/mol. The lowest BCUT2D eigenvalue weighted by molar-refractivity contribution is 0.478. The third kappa shape index (κ3) is 2.81. The third-order valence-electron chi connectivity index (χ3n) is 4.03. The maximum Gasteiger partial charge on any atom is 0.347 e. The average Bonchev–Trinajstić information content (AvgIpc) is 3.00. The van der Waals surface area contributed by atoms with Crippen molar-refractivity contribution in [3.63, 3.8) is 0 Å². The fourth-order valence-corrected chi connectivity index (χ4v) is 3.56. The van der Waals surface area contributed by atoms with Crippen LogP contribution in [0.15, 0.2) is 45.8 Å².